The maximum atomic E-state index is 5.52. The molecule has 1 atom stereocenters. The molecule has 7 nitrogen and oxygen atoms in total. The number of hydrogen-bond donors (Lipinski definition) is 2. The molecule has 5 rings (SSSR count). The van der Waals surface area contributed by atoms with E-state index in [2.05, 4.69) is 15.6 Å². The lowest BCUT2D eigenvalue weighted by Crippen LogP contribution is -2.22. The van der Waals surface area contributed by atoms with Crippen molar-refractivity contribution < 1.29 is 4.74 Å². The van der Waals surface area contributed by atoms with Crippen LogP contribution >= 0.6 is 0 Å². The molecule has 3 aromatic rings. The summed E-state index contributed by atoms with van der Waals surface area (Å²) in [5.41, 5.74) is 3.57. The zero-order valence-corrected chi connectivity index (χ0v) is 14.8. The Labute approximate surface area is 151 Å². The minimum atomic E-state index is 0.434. The normalized spacial score (nSPS) is 19.8. The Kier molecular flexibility index (Phi) is 3.74. The smallest absolute Gasteiger partial charge is 0.157 e. The van der Waals surface area contributed by atoms with Crippen molar-refractivity contribution >= 4 is 11.5 Å². The lowest BCUT2D eigenvalue weighted by molar-refractivity contribution is 0.405. The molecule has 1 aliphatic heterocycles. The maximum absolute atomic E-state index is 5.52. The Morgan fingerprint density at radius 1 is 1.27 bits per heavy atom. The van der Waals surface area contributed by atoms with Crippen LogP contribution in [0.5, 0.6) is 5.75 Å². The summed E-state index contributed by atoms with van der Waals surface area (Å²) in [6, 6.07) is 8.44. The number of hydrogen-bond acceptors (Lipinski definition) is 6. The van der Waals surface area contributed by atoms with Gasteiger partial charge in [-0.1, -0.05) is 6.07 Å². The Morgan fingerprint density at radius 3 is 2.96 bits per heavy atom. The molecular formula is C19H22N6O. The summed E-state index contributed by atoms with van der Waals surface area (Å²) in [6.45, 7) is 2.04. The molecule has 2 N–H and O–H groups in total. The zero-order valence-electron chi connectivity index (χ0n) is 14.8. The number of imidazole rings is 1. The third-order valence-electron chi connectivity index (χ3n) is 5.09. The number of anilines is 1. The summed E-state index contributed by atoms with van der Waals surface area (Å²) in [5.74, 6) is 2.22. The number of ether oxygens (including phenoxy) is 1. The number of fused-ring (bicyclic) bond motifs is 1. The first-order valence-electron chi connectivity index (χ1n) is 9.19. The molecule has 134 valence electrons. The van der Waals surface area contributed by atoms with Crippen LogP contribution in [0.25, 0.3) is 17.0 Å². The minimum Gasteiger partial charge on any atom is -0.495 e. The van der Waals surface area contributed by atoms with Crippen LogP contribution in [-0.2, 0) is 0 Å². The molecule has 4 heterocycles. The Bertz CT molecular complexity index is 942. The molecule has 0 radical (unpaired) electrons. The molecule has 0 spiro atoms. The lowest BCUT2D eigenvalue weighted by Gasteiger charge is -2.13. The molecule has 3 aromatic heterocycles. The third-order valence-corrected chi connectivity index (χ3v) is 5.09. The molecule has 0 aromatic carbocycles. The van der Waals surface area contributed by atoms with E-state index in [0.29, 0.717) is 12.0 Å². The Balaban J connectivity index is 1.53. The predicted molar refractivity (Wildman–Crippen MR) is 99.6 cm³/mol. The van der Waals surface area contributed by atoms with E-state index in [0.717, 1.165) is 53.8 Å². The highest BCUT2D eigenvalue weighted by molar-refractivity contribution is 5.62. The molecule has 1 aliphatic carbocycles. The van der Waals surface area contributed by atoms with Gasteiger partial charge in [0.25, 0.3) is 0 Å². The summed E-state index contributed by atoms with van der Waals surface area (Å²) < 4.78 is 7.40. The second-order valence-electron chi connectivity index (χ2n) is 7.03. The lowest BCUT2D eigenvalue weighted by atomic mass is 10.2. The number of rotatable bonds is 5. The van der Waals surface area contributed by atoms with Gasteiger partial charge >= 0.3 is 0 Å². The predicted octanol–water partition coefficient (Wildman–Crippen LogP) is 2.45. The van der Waals surface area contributed by atoms with E-state index in [1.807, 2.05) is 35.0 Å². The van der Waals surface area contributed by atoms with E-state index in [4.69, 9.17) is 14.8 Å². The summed E-state index contributed by atoms with van der Waals surface area (Å²) in [4.78, 5) is 9.30. The van der Waals surface area contributed by atoms with Crippen molar-refractivity contribution in [1.82, 2.24) is 24.9 Å². The molecule has 26 heavy (non-hydrogen) atoms. The zero-order chi connectivity index (χ0) is 17.5. The van der Waals surface area contributed by atoms with Crippen molar-refractivity contribution in [2.45, 2.75) is 31.2 Å². The molecule has 1 saturated heterocycles. The minimum absolute atomic E-state index is 0.434. The van der Waals surface area contributed by atoms with Crippen molar-refractivity contribution in [3.8, 4) is 17.1 Å². The molecule has 1 saturated carbocycles. The van der Waals surface area contributed by atoms with Crippen LogP contribution in [0.4, 0.5) is 5.82 Å². The molecule has 0 bridgehead atoms. The standard InChI is InChI=1S/C19H22N6O/c1-26-16-9-18-21-11-15(25(18)24-19(16)12-5-6-12)14-3-2-4-17(23-14)22-13-7-8-20-10-13/h2-4,9,11-13,20H,5-8,10H2,1H3,(H,22,23)/t13-/m1/s1. The van der Waals surface area contributed by atoms with Crippen LogP contribution in [0, 0.1) is 0 Å². The molecule has 0 unspecified atom stereocenters. The van der Waals surface area contributed by atoms with E-state index in [9.17, 15) is 0 Å². The first-order valence-corrected chi connectivity index (χ1v) is 9.19. The van der Waals surface area contributed by atoms with Gasteiger partial charge in [-0.25, -0.2) is 14.5 Å². The molecular weight excluding hydrogens is 328 g/mol. The number of pyridine rings is 1. The maximum Gasteiger partial charge on any atom is 0.157 e. The second kappa shape index (κ2) is 6.25. The number of nitrogens with zero attached hydrogens (tertiary/aromatic N) is 4. The highest BCUT2D eigenvalue weighted by atomic mass is 16.5. The van der Waals surface area contributed by atoms with Crippen LogP contribution in [0.15, 0.2) is 30.5 Å². The van der Waals surface area contributed by atoms with Gasteiger partial charge in [-0.05, 0) is 37.9 Å². The highest BCUT2D eigenvalue weighted by Gasteiger charge is 2.29. The second-order valence-corrected chi connectivity index (χ2v) is 7.03. The molecule has 2 fully saturated rings. The number of methoxy groups -OCH3 is 1. The number of aromatic nitrogens is 4. The molecule has 7 heteroatoms. The largest absolute Gasteiger partial charge is 0.495 e. The topological polar surface area (TPSA) is 76.4 Å². The fourth-order valence-electron chi connectivity index (χ4n) is 3.53. The number of nitrogens with one attached hydrogen (secondary N) is 2. The van der Waals surface area contributed by atoms with E-state index in [1.165, 1.54) is 12.8 Å². The van der Waals surface area contributed by atoms with Crippen molar-refractivity contribution in [2.75, 3.05) is 25.5 Å². The van der Waals surface area contributed by atoms with Crippen LogP contribution in [0.1, 0.15) is 30.9 Å². The third kappa shape index (κ3) is 2.78. The van der Waals surface area contributed by atoms with Gasteiger partial charge in [-0.15, -0.1) is 0 Å². The van der Waals surface area contributed by atoms with Crippen molar-refractivity contribution in [3.05, 3.63) is 36.2 Å². The van der Waals surface area contributed by atoms with Gasteiger partial charge in [0, 0.05) is 24.6 Å². The average Bonchev–Trinajstić information content (AvgIpc) is 3.23. The Morgan fingerprint density at radius 2 is 2.19 bits per heavy atom. The molecule has 0 amide bonds. The van der Waals surface area contributed by atoms with Gasteiger partial charge in [0.05, 0.1) is 19.0 Å². The van der Waals surface area contributed by atoms with E-state index >= 15 is 0 Å². The van der Waals surface area contributed by atoms with Crippen LogP contribution in [-0.4, -0.2) is 45.8 Å². The highest BCUT2D eigenvalue weighted by Crippen LogP contribution is 2.43. The van der Waals surface area contributed by atoms with Crippen LogP contribution < -0.4 is 15.4 Å². The van der Waals surface area contributed by atoms with Gasteiger partial charge < -0.3 is 15.4 Å². The van der Waals surface area contributed by atoms with Gasteiger partial charge in [-0.2, -0.15) is 5.10 Å². The first kappa shape index (κ1) is 15.6. The quantitative estimate of drug-likeness (QED) is 0.736. The van der Waals surface area contributed by atoms with Gasteiger partial charge in [0.1, 0.15) is 23.0 Å². The van der Waals surface area contributed by atoms with Crippen LogP contribution in [0.3, 0.4) is 0 Å². The van der Waals surface area contributed by atoms with E-state index in [1.54, 1.807) is 7.11 Å². The van der Waals surface area contributed by atoms with E-state index in [-0.39, 0.29) is 0 Å². The Hall–Kier alpha value is -2.67. The van der Waals surface area contributed by atoms with Gasteiger partial charge in [0.2, 0.25) is 0 Å². The van der Waals surface area contributed by atoms with Gasteiger partial charge in [-0.3, -0.25) is 0 Å². The summed E-state index contributed by atoms with van der Waals surface area (Å²) in [7, 11) is 1.69. The fourth-order valence-corrected chi connectivity index (χ4v) is 3.53. The summed E-state index contributed by atoms with van der Waals surface area (Å²) in [6.07, 6.45) is 5.30. The van der Waals surface area contributed by atoms with E-state index < -0.39 is 0 Å². The van der Waals surface area contributed by atoms with Crippen molar-refractivity contribution in [2.24, 2.45) is 0 Å². The average molecular weight is 350 g/mol. The first-order chi connectivity index (χ1) is 12.8. The van der Waals surface area contributed by atoms with Crippen LogP contribution in [0.2, 0.25) is 0 Å². The summed E-state index contributed by atoms with van der Waals surface area (Å²) in [5, 5.41) is 11.7. The fraction of sp³-hybridized carbons (Fsp3) is 0.421. The van der Waals surface area contributed by atoms with Gasteiger partial charge in [0.15, 0.2) is 5.65 Å². The SMILES string of the molecule is COc1cc2ncc(-c3cccc(N[C@@H]4CCNC4)n3)n2nc1C1CC1. The van der Waals surface area contributed by atoms with Crippen molar-refractivity contribution in [3.63, 3.8) is 0 Å². The summed E-state index contributed by atoms with van der Waals surface area (Å²) >= 11 is 0. The molecule has 2 aliphatic rings. The monoisotopic (exact) mass is 350 g/mol. The van der Waals surface area contributed by atoms with Crippen molar-refractivity contribution in [1.29, 1.82) is 0 Å².